The minimum absolute atomic E-state index is 0.121. The van der Waals surface area contributed by atoms with Crippen LogP contribution in [0.25, 0.3) is 0 Å². The van der Waals surface area contributed by atoms with Gasteiger partial charge in [0.1, 0.15) is 0 Å². The lowest BCUT2D eigenvalue weighted by Crippen LogP contribution is -2.25. The van der Waals surface area contributed by atoms with Crippen molar-refractivity contribution in [2.45, 2.75) is 25.8 Å². The zero-order valence-electron chi connectivity index (χ0n) is 12.0. The van der Waals surface area contributed by atoms with E-state index in [2.05, 4.69) is 33.3 Å². The van der Waals surface area contributed by atoms with Crippen LogP contribution in [0.3, 0.4) is 0 Å². The van der Waals surface area contributed by atoms with E-state index in [0.717, 1.165) is 24.7 Å². The topological polar surface area (TPSA) is 29.9 Å². The maximum Gasteiger partial charge on any atom is 0.173 e. The first-order valence-electron chi connectivity index (χ1n) is 6.88. The Morgan fingerprint density at radius 1 is 1.33 bits per heavy atom. The number of hydrogen-bond donors (Lipinski definition) is 1. The lowest BCUT2D eigenvalue weighted by Gasteiger charge is -2.20. The van der Waals surface area contributed by atoms with Crippen molar-refractivity contribution in [1.82, 2.24) is 15.1 Å². The van der Waals surface area contributed by atoms with Gasteiger partial charge in [-0.3, -0.25) is 4.68 Å². The van der Waals surface area contributed by atoms with Gasteiger partial charge in [-0.2, -0.15) is 5.10 Å². The fraction of sp³-hybridized carbons (Fsp3) is 0.400. The number of aromatic nitrogens is 2. The van der Waals surface area contributed by atoms with Crippen molar-refractivity contribution in [2.75, 3.05) is 6.54 Å². The molecule has 0 saturated carbocycles. The molecule has 0 bridgehead atoms. The van der Waals surface area contributed by atoms with E-state index in [4.69, 9.17) is 0 Å². The molecule has 2 aromatic rings. The first kappa shape index (κ1) is 16.1. The van der Waals surface area contributed by atoms with Gasteiger partial charge in [-0.05, 0) is 46.6 Å². The van der Waals surface area contributed by atoms with E-state index in [-0.39, 0.29) is 10.5 Å². The number of nitrogens with one attached hydrogen (secondary N) is 1. The van der Waals surface area contributed by atoms with Gasteiger partial charge in [0.05, 0.1) is 10.2 Å². The molecule has 3 nitrogen and oxygen atoms in total. The highest BCUT2D eigenvalue weighted by atomic mass is 79.9. The zero-order chi connectivity index (χ0) is 15.4. The van der Waals surface area contributed by atoms with E-state index in [1.54, 1.807) is 10.7 Å². The molecule has 6 heteroatoms. The molecule has 114 valence electrons. The van der Waals surface area contributed by atoms with E-state index < -0.39 is 11.6 Å². The highest BCUT2D eigenvalue weighted by Gasteiger charge is 2.20. The van der Waals surface area contributed by atoms with Gasteiger partial charge in [0.25, 0.3) is 0 Å². The highest BCUT2D eigenvalue weighted by Crippen LogP contribution is 2.29. The lowest BCUT2D eigenvalue weighted by atomic mass is 10.0. The molecule has 1 aromatic carbocycles. The Kier molecular flexibility index (Phi) is 5.47. The smallest absolute Gasteiger partial charge is 0.173 e. The molecule has 1 heterocycles. The summed E-state index contributed by atoms with van der Waals surface area (Å²) in [6.07, 6.45) is 3.44. The van der Waals surface area contributed by atoms with Crippen LogP contribution < -0.4 is 5.32 Å². The molecule has 1 N–H and O–H groups in total. The van der Waals surface area contributed by atoms with Gasteiger partial charge in [-0.1, -0.05) is 13.0 Å². The molecule has 0 radical (unpaired) electrons. The summed E-state index contributed by atoms with van der Waals surface area (Å²) in [6, 6.07) is 4.58. The summed E-state index contributed by atoms with van der Waals surface area (Å²) in [4.78, 5) is 0. The van der Waals surface area contributed by atoms with Gasteiger partial charge in [0.2, 0.25) is 0 Å². The molecule has 0 amide bonds. The molecular weight excluding hydrogens is 340 g/mol. The van der Waals surface area contributed by atoms with E-state index >= 15 is 0 Å². The Labute approximate surface area is 131 Å². The van der Waals surface area contributed by atoms with Crippen molar-refractivity contribution in [3.05, 3.63) is 51.8 Å². The fourth-order valence-electron chi connectivity index (χ4n) is 2.20. The molecule has 2 rings (SSSR count). The third kappa shape index (κ3) is 3.89. The summed E-state index contributed by atoms with van der Waals surface area (Å²) in [5.74, 6) is -1.70. The van der Waals surface area contributed by atoms with E-state index in [9.17, 15) is 8.78 Å². The summed E-state index contributed by atoms with van der Waals surface area (Å²) in [5, 5.41) is 7.71. The Bertz CT molecular complexity index is 613. The normalized spacial score (nSPS) is 12.6. The van der Waals surface area contributed by atoms with Gasteiger partial charge in [-0.25, -0.2) is 8.78 Å². The quantitative estimate of drug-likeness (QED) is 0.798. The average molecular weight is 358 g/mol. The van der Waals surface area contributed by atoms with E-state index in [1.807, 2.05) is 19.3 Å². The van der Waals surface area contributed by atoms with Crippen molar-refractivity contribution in [2.24, 2.45) is 7.05 Å². The van der Waals surface area contributed by atoms with Gasteiger partial charge in [0.15, 0.2) is 11.6 Å². The lowest BCUT2D eigenvalue weighted by molar-refractivity contribution is 0.485. The molecular formula is C15H18BrF2N3. The molecule has 0 aliphatic carbocycles. The second kappa shape index (κ2) is 7.13. The molecule has 1 unspecified atom stereocenters. The van der Waals surface area contributed by atoms with Crippen LogP contribution in [0.5, 0.6) is 0 Å². The number of nitrogens with zero attached hydrogens (tertiary/aromatic N) is 2. The van der Waals surface area contributed by atoms with Crippen molar-refractivity contribution in [3.8, 4) is 0 Å². The van der Waals surface area contributed by atoms with Gasteiger partial charge < -0.3 is 5.32 Å². The van der Waals surface area contributed by atoms with E-state index in [0.29, 0.717) is 12.0 Å². The maximum absolute atomic E-state index is 13.7. The summed E-state index contributed by atoms with van der Waals surface area (Å²) in [7, 11) is 1.85. The first-order valence-corrected chi connectivity index (χ1v) is 7.67. The predicted octanol–water partition coefficient (Wildman–Crippen LogP) is 3.74. The molecule has 0 saturated heterocycles. The van der Waals surface area contributed by atoms with Crippen LogP contribution in [0.1, 0.15) is 30.6 Å². The van der Waals surface area contributed by atoms with Crippen LogP contribution in [0.4, 0.5) is 8.78 Å². The standard InChI is InChI=1S/C15H18BrF2N3/c1-3-7-19-13(9-10-6-8-21(2)20-10)11-4-5-12(17)15(18)14(11)16/h4-6,8,13,19H,3,7,9H2,1-2H3. The summed E-state index contributed by atoms with van der Waals surface area (Å²) >= 11 is 3.16. The molecule has 0 aliphatic rings. The molecule has 0 spiro atoms. The Balaban J connectivity index is 2.29. The minimum atomic E-state index is -0.850. The first-order chi connectivity index (χ1) is 10.0. The zero-order valence-corrected chi connectivity index (χ0v) is 13.6. The van der Waals surface area contributed by atoms with Crippen molar-refractivity contribution in [3.63, 3.8) is 0 Å². The van der Waals surface area contributed by atoms with Gasteiger partial charge in [0, 0.05) is 25.7 Å². The number of aryl methyl sites for hydroxylation is 1. The number of halogens is 3. The average Bonchev–Trinajstić information content (AvgIpc) is 2.87. The van der Waals surface area contributed by atoms with Crippen LogP contribution in [-0.4, -0.2) is 16.3 Å². The van der Waals surface area contributed by atoms with Crippen LogP contribution in [0, 0.1) is 11.6 Å². The van der Waals surface area contributed by atoms with E-state index in [1.165, 1.54) is 0 Å². The summed E-state index contributed by atoms with van der Waals surface area (Å²) in [5.41, 5.74) is 1.61. The highest BCUT2D eigenvalue weighted by molar-refractivity contribution is 9.10. The Morgan fingerprint density at radius 2 is 2.10 bits per heavy atom. The molecule has 1 atom stereocenters. The number of benzene rings is 1. The Morgan fingerprint density at radius 3 is 2.71 bits per heavy atom. The Hall–Kier alpha value is -1.27. The van der Waals surface area contributed by atoms with Crippen LogP contribution in [-0.2, 0) is 13.5 Å². The number of hydrogen-bond acceptors (Lipinski definition) is 2. The van der Waals surface area contributed by atoms with Crippen molar-refractivity contribution < 1.29 is 8.78 Å². The second-order valence-electron chi connectivity index (χ2n) is 4.96. The maximum atomic E-state index is 13.7. The van der Waals surface area contributed by atoms with Crippen LogP contribution in [0.2, 0.25) is 0 Å². The third-order valence-electron chi connectivity index (χ3n) is 3.26. The van der Waals surface area contributed by atoms with Crippen LogP contribution in [0.15, 0.2) is 28.9 Å². The summed E-state index contributed by atoms with van der Waals surface area (Å²) in [6.45, 7) is 2.86. The van der Waals surface area contributed by atoms with Crippen LogP contribution >= 0.6 is 15.9 Å². The molecule has 1 aromatic heterocycles. The largest absolute Gasteiger partial charge is 0.310 e. The minimum Gasteiger partial charge on any atom is -0.310 e. The fourth-order valence-corrected chi connectivity index (χ4v) is 2.80. The number of rotatable bonds is 6. The molecule has 0 aliphatic heterocycles. The van der Waals surface area contributed by atoms with Crippen molar-refractivity contribution >= 4 is 15.9 Å². The van der Waals surface area contributed by atoms with Crippen molar-refractivity contribution in [1.29, 1.82) is 0 Å². The van der Waals surface area contributed by atoms with Gasteiger partial charge >= 0.3 is 0 Å². The molecule has 0 fully saturated rings. The summed E-state index contributed by atoms with van der Waals surface area (Å²) < 4.78 is 28.9. The monoisotopic (exact) mass is 357 g/mol. The van der Waals surface area contributed by atoms with Gasteiger partial charge in [-0.15, -0.1) is 0 Å². The third-order valence-corrected chi connectivity index (χ3v) is 4.07. The predicted molar refractivity (Wildman–Crippen MR) is 82.0 cm³/mol. The SMILES string of the molecule is CCCNC(Cc1ccn(C)n1)c1ccc(F)c(F)c1Br. The molecule has 21 heavy (non-hydrogen) atoms. The second-order valence-corrected chi connectivity index (χ2v) is 5.75.